The van der Waals surface area contributed by atoms with Gasteiger partial charge in [0.15, 0.2) is 11.5 Å². The van der Waals surface area contributed by atoms with Crippen LogP contribution in [-0.4, -0.2) is 57.7 Å². The molecule has 1 saturated heterocycles. The lowest BCUT2D eigenvalue weighted by atomic mass is 10.0. The standard InChI is InChI=1S/C17H20N6O/c1-2-4-13(5-3-1)14(23-6-8-24-9-7-23)10-18-16-15-17(20-11-19-15)22-12-21-16/h1-5,11-12,14H,6-10H2,(H2,18,19,20,21,22). The highest BCUT2D eigenvalue weighted by atomic mass is 16.5. The molecule has 0 amide bonds. The number of aromatic nitrogens is 4. The summed E-state index contributed by atoms with van der Waals surface area (Å²) in [5, 5.41) is 3.46. The van der Waals surface area contributed by atoms with E-state index in [0.29, 0.717) is 5.65 Å². The van der Waals surface area contributed by atoms with E-state index in [1.165, 1.54) is 11.9 Å². The van der Waals surface area contributed by atoms with Crippen LogP contribution in [0, 0.1) is 0 Å². The first-order valence-corrected chi connectivity index (χ1v) is 8.16. The van der Waals surface area contributed by atoms with Gasteiger partial charge in [-0.05, 0) is 5.56 Å². The average Bonchev–Trinajstić information content (AvgIpc) is 3.13. The lowest BCUT2D eigenvalue weighted by Gasteiger charge is -2.35. The zero-order chi connectivity index (χ0) is 16.2. The summed E-state index contributed by atoms with van der Waals surface area (Å²) in [6, 6.07) is 10.8. The number of benzene rings is 1. The van der Waals surface area contributed by atoms with Crippen molar-refractivity contribution in [2.24, 2.45) is 0 Å². The van der Waals surface area contributed by atoms with Crippen LogP contribution in [0.3, 0.4) is 0 Å². The third kappa shape index (κ3) is 3.08. The summed E-state index contributed by atoms with van der Waals surface area (Å²) in [6.45, 7) is 4.19. The Balaban J connectivity index is 1.56. The zero-order valence-electron chi connectivity index (χ0n) is 13.4. The predicted molar refractivity (Wildman–Crippen MR) is 91.7 cm³/mol. The smallest absolute Gasteiger partial charge is 0.182 e. The van der Waals surface area contributed by atoms with Gasteiger partial charge in [0, 0.05) is 19.6 Å². The van der Waals surface area contributed by atoms with E-state index in [4.69, 9.17) is 4.74 Å². The summed E-state index contributed by atoms with van der Waals surface area (Å²) in [7, 11) is 0. The molecule has 1 atom stereocenters. The van der Waals surface area contributed by atoms with Gasteiger partial charge in [-0.25, -0.2) is 15.0 Å². The molecule has 1 aromatic carbocycles. The number of nitrogens with one attached hydrogen (secondary N) is 2. The Morgan fingerprint density at radius 1 is 1.12 bits per heavy atom. The topological polar surface area (TPSA) is 79.0 Å². The molecule has 0 saturated carbocycles. The molecule has 2 aromatic heterocycles. The van der Waals surface area contributed by atoms with E-state index in [2.05, 4.69) is 54.4 Å². The van der Waals surface area contributed by atoms with Crippen molar-refractivity contribution in [3.63, 3.8) is 0 Å². The number of rotatable bonds is 5. The maximum Gasteiger partial charge on any atom is 0.182 e. The highest BCUT2D eigenvalue weighted by molar-refractivity contribution is 5.81. The average molecular weight is 324 g/mol. The first-order valence-electron chi connectivity index (χ1n) is 8.16. The SMILES string of the molecule is c1ccc(C(CNc2ncnc3nc[nH]c23)N2CCOCC2)cc1. The number of morpholine rings is 1. The van der Waals surface area contributed by atoms with Crippen LogP contribution in [0.4, 0.5) is 5.82 Å². The summed E-state index contributed by atoms with van der Waals surface area (Å²) in [4.78, 5) is 18.2. The molecule has 1 aliphatic heterocycles. The van der Waals surface area contributed by atoms with Crippen LogP contribution in [0.5, 0.6) is 0 Å². The summed E-state index contributed by atoms with van der Waals surface area (Å²) in [5.74, 6) is 0.784. The van der Waals surface area contributed by atoms with Crippen LogP contribution in [0.25, 0.3) is 11.2 Å². The summed E-state index contributed by atoms with van der Waals surface area (Å²) in [6.07, 6.45) is 3.18. The van der Waals surface area contributed by atoms with E-state index in [0.717, 1.165) is 44.2 Å². The number of hydrogen-bond acceptors (Lipinski definition) is 6. The molecule has 4 rings (SSSR count). The third-order valence-electron chi connectivity index (χ3n) is 4.36. The molecule has 24 heavy (non-hydrogen) atoms. The Kier molecular flexibility index (Phi) is 4.35. The maximum absolute atomic E-state index is 5.50. The van der Waals surface area contributed by atoms with Crippen molar-refractivity contribution in [2.75, 3.05) is 38.2 Å². The minimum absolute atomic E-state index is 0.267. The van der Waals surface area contributed by atoms with Gasteiger partial charge in [-0.15, -0.1) is 0 Å². The van der Waals surface area contributed by atoms with E-state index in [9.17, 15) is 0 Å². The van der Waals surface area contributed by atoms with Gasteiger partial charge >= 0.3 is 0 Å². The number of nitrogens with zero attached hydrogens (tertiary/aromatic N) is 4. The fourth-order valence-corrected chi connectivity index (χ4v) is 3.11. The fourth-order valence-electron chi connectivity index (χ4n) is 3.11. The lowest BCUT2D eigenvalue weighted by molar-refractivity contribution is 0.0187. The molecule has 3 heterocycles. The van der Waals surface area contributed by atoms with Gasteiger partial charge < -0.3 is 15.0 Å². The number of hydrogen-bond donors (Lipinski definition) is 2. The van der Waals surface area contributed by atoms with Crippen LogP contribution < -0.4 is 5.32 Å². The van der Waals surface area contributed by atoms with Gasteiger partial charge in [-0.3, -0.25) is 4.90 Å². The molecule has 1 aliphatic rings. The molecule has 1 fully saturated rings. The van der Waals surface area contributed by atoms with Crippen molar-refractivity contribution in [3.05, 3.63) is 48.5 Å². The highest BCUT2D eigenvalue weighted by Gasteiger charge is 2.22. The molecule has 0 aliphatic carbocycles. The number of ether oxygens (including phenoxy) is 1. The molecule has 1 unspecified atom stereocenters. The van der Waals surface area contributed by atoms with E-state index in [1.54, 1.807) is 6.33 Å². The predicted octanol–water partition coefficient (Wildman–Crippen LogP) is 1.84. The molecular formula is C17H20N6O. The van der Waals surface area contributed by atoms with Gasteiger partial charge in [0.1, 0.15) is 11.8 Å². The van der Waals surface area contributed by atoms with Gasteiger partial charge in [-0.1, -0.05) is 30.3 Å². The van der Waals surface area contributed by atoms with Crippen LogP contribution >= 0.6 is 0 Å². The second-order valence-corrected chi connectivity index (χ2v) is 5.78. The van der Waals surface area contributed by atoms with E-state index < -0.39 is 0 Å². The van der Waals surface area contributed by atoms with Crippen molar-refractivity contribution in [2.45, 2.75) is 6.04 Å². The summed E-state index contributed by atoms with van der Waals surface area (Å²) in [5.41, 5.74) is 2.81. The molecule has 0 spiro atoms. The summed E-state index contributed by atoms with van der Waals surface area (Å²) >= 11 is 0. The number of anilines is 1. The Bertz CT molecular complexity index is 784. The van der Waals surface area contributed by atoms with Crippen molar-refractivity contribution in [1.29, 1.82) is 0 Å². The largest absolute Gasteiger partial charge is 0.379 e. The molecule has 2 N–H and O–H groups in total. The number of H-pyrrole nitrogens is 1. The number of fused-ring (bicyclic) bond motifs is 1. The minimum atomic E-state index is 0.267. The van der Waals surface area contributed by atoms with E-state index >= 15 is 0 Å². The van der Waals surface area contributed by atoms with Crippen molar-refractivity contribution in [3.8, 4) is 0 Å². The monoisotopic (exact) mass is 324 g/mol. The normalized spacial score (nSPS) is 17.0. The van der Waals surface area contributed by atoms with Crippen LogP contribution in [-0.2, 0) is 4.74 Å². The Morgan fingerprint density at radius 2 is 1.96 bits per heavy atom. The zero-order valence-corrected chi connectivity index (χ0v) is 13.4. The molecule has 0 bridgehead atoms. The second kappa shape index (κ2) is 6.94. The minimum Gasteiger partial charge on any atom is -0.379 e. The van der Waals surface area contributed by atoms with E-state index in [-0.39, 0.29) is 6.04 Å². The molecule has 124 valence electrons. The van der Waals surface area contributed by atoms with E-state index in [1.807, 2.05) is 6.07 Å². The van der Waals surface area contributed by atoms with Crippen LogP contribution in [0.1, 0.15) is 11.6 Å². The Morgan fingerprint density at radius 3 is 2.79 bits per heavy atom. The van der Waals surface area contributed by atoms with Gasteiger partial charge in [0.25, 0.3) is 0 Å². The van der Waals surface area contributed by atoms with Crippen LogP contribution in [0.15, 0.2) is 43.0 Å². The van der Waals surface area contributed by atoms with Gasteiger partial charge in [0.05, 0.1) is 25.6 Å². The fraction of sp³-hybridized carbons (Fsp3) is 0.353. The van der Waals surface area contributed by atoms with Crippen molar-refractivity contribution in [1.82, 2.24) is 24.8 Å². The highest BCUT2D eigenvalue weighted by Crippen LogP contribution is 2.23. The number of aromatic amines is 1. The molecular weight excluding hydrogens is 304 g/mol. The summed E-state index contributed by atoms with van der Waals surface area (Å²) < 4.78 is 5.50. The van der Waals surface area contributed by atoms with Crippen LogP contribution in [0.2, 0.25) is 0 Å². The number of imidazole rings is 1. The molecule has 7 heteroatoms. The molecule has 7 nitrogen and oxygen atoms in total. The first-order chi connectivity index (χ1) is 11.9. The molecule has 0 radical (unpaired) electrons. The first kappa shape index (κ1) is 15.0. The molecule has 3 aromatic rings. The van der Waals surface area contributed by atoms with Gasteiger partial charge in [0.2, 0.25) is 0 Å². The van der Waals surface area contributed by atoms with Gasteiger partial charge in [-0.2, -0.15) is 0 Å². The Hall–Kier alpha value is -2.51. The third-order valence-corrected chi connectivity index (χ3v) is 4.36. The Labute approximate surface area is 140 Å². The lowest BCUT2D eigenvalue weighted by Crippen LogP contribution is -2.41. The maximum atomic E-state index is 5.50. The van der Waals surface area contributed by atoms with Crippen molar-refractivity contribution >= 4 is 17.0 Å². The second-order valence-electron chi connectivity index (χ2n) is 5.78. The quantitative estimate of drug-likeness (QED) is 0.745. The van der Waals surface area contributed by atoms with Crippen molar-refractivity contribution < 1.29 is 4.74 Å².